The van der Waals surface area contributed by atoms with Gasteiger partial charge in [0.25, 0.3) is 0 Å². The smallest absolute Gasteiger partial charge is 0.162 e. The van der Waals surface area contributed by atoms with Crippen LogP contribution in [0, 0.1) is 0 Å². The van der Waals surface area contributed by atoms with E-state index in [0.29, 0.717) is 6.42 Å². The Kier molecular flexibility index (Phi) is 2.51. The predicted molar refractivity (Wildman–Crippen MR) is 54.6 cm³/mol. The molecule has 0 aliphatic carbocycles. The number of hydrogen-bond donors (Lipinski definition) is 0. The Balaban J connectivity index is 2.18. The van der Waals surface area contributed by atoms with E-state index in [2.05, 4.69) is 15.9 Å². The molecule has 68 valence electrons. The molecule has 2 nitrogen and oxygen atoms in total. The van der Waals surface area contributed by atoms with Crippen LogP contribution in [0.3, 0.4) is 0 Å². The number of halogens is 1. The lowest BCUT2D eigenvalue weighted by molar-refractivity contribution is -0.118. The normalized spacial score (nSPS) is 21.6. The molecule has 2 heterocycles. The molecule has 0 radical (unpaired) electrons. The molecule has 1 atom stereocenters. The van der Waals surface area contributed by atoms with Crippen molar-refractivity contribution in [2.75, 3.05) is 0 Å². The standard InChI is InChI=1S/C9H7BrO2S/c10-9-3-6(5-13-9)8-4-7(11)1-2-12-8/h1-3,5,8H,4H2. The average Bonchev–Trinajstić information content (AvgIpc) is 2.52. The van der Waals surface area contributed by atoms with Gasteiger partial charge in [-0.2, -0.15) is 0 Å². The number of ketones is 1. The molecule has 0 saturated heterocycles. The van der Waals surface area contributed by atoms with Crippen molar-refractivity contribution >= 4 is 33.0 Å². The summed E-state index contributed by atoms with van der Waals surface area (Å²) in [7, 11) is 0. The first-order valence-corrected chi connectivity index (χ1v) is 5.52. The van der Waals surface area contributed by atoms with Crippen molar-refractivity contribution in [3.05, 3.63) is 33.1 Å². The highest BCUT2D eigenvalue weighted by Crippen LogP contribution is 2.31. The molecular formula is C9H7BrO2S. The zero-order valence-electron chi connectivity index (χ0n) is 6.70. The van der Waals surface area contributed by atoms with E-state index in [0.717, 1.165) is 9.35 Å². The highest BCUT2D eigenvalue weighted by molar-refractivity contribution is 9.11. The summed E-state index contributed by atoms with van der Waals surface area (Å²) < 4.78 is 6.40. The zero-order chi connectivity index (χ0) is 9.26. The van der Waals surface area contributed by atoms with Crippen LogP contribution in [0.25, 0.3) is 0 Å². The minimum Gasteiger partial charge on any atom is -0.493 e. The van der Waals surface area contributed by atoms with E-state index in [1.165, 1.54) is 12.3 Å². The van der Waals surface area contributed by atoms with Crippen molar-refractivity contribution in [1.29, 1.82) is 0 Å². The number of hydrogen-bond acceptors (Lipinski definition) is 3. The molecule has 0 amide bonds. The molecule has 1 aliphatic rings. The van der Waals surface area contributed by atoms with Gasteiger partial charge in [0.2, 0.25) is 0 Å². The van der Waals surface area contributed by atoms with Crippen molar-refractivity contribution in [3.8, 4) is 0 Å². The van der Waals surface area contributed by atoms with Gasteiger partial charge in [-0.1, -0.05) is 0 Å². The molecular weight excluding hydrogens is 252 g/mol. The van der Waals surface area contributed by atoms with Crippen molar-refractivity contribution in [1.82, 2.24) is 0 Å². The Hall–Kier alpha value is -0.610. The van der Waals surface area contributed by atoms with Crippen LogP contribution < -0.4 is 0 Å². The number of allylic oxidation sites excluding steroid dienone is 1. The maximum Gasteiger partial charge on any atom is 0.162 e. The summed E-state index contributed by atoms with van der Waals surface area (Å²) in [5, 5.41) is 2.00. The summed E-state index contributed by atoms with van der Waals surface area (Å²) in [6, 6.07) is 1.99. The summed E-state index contributed by atoms with van der Waals surface area (Å²) in [5.74, 6) is 0.124. The molecule has 2 rings (SSSR count). The lowest BCUT2D eigenvalue weighted by Crippen LogP contribution is -2.10. The third kappa shape index (κ3) is 2.00. The molecule has 1 aromatic rings. The van der Waals surface area contributed by atoms with Gasteiger partial charge >= 0.3 is 0 Å². The predicted octanol–water partition coefficient (Wildman–Crippen LogP) is 3.05. The molecule has 0 fully saturated rings. The first-order chi connectivity index (χ1) is 6.25. The molecule has 0 spiro atoms. The topological polar surface area (TPSA) is 26.3 Å². The van der Waals surface area contributed by atoms with Crippen molar-refractivity contribution in [2.24, 2.45) is 0 Å². The van der Waals surface area contributed by atoms with E-state index in [1.807, 2.05) is 11.4 Å². The molecule has 0 bridgehead atoms. The van der Waals surface area contributed by atoms with E-state index in [1.54, 1.807) is 11.3 Å². The second-order valence-electron chi connectivity index (χ2n) is 2.78. The van der Waals surface area contributed by atoms with Crippen LogP contribution in [0.1, 0.15) is 18.1 Å². The highest BCUT2D eigenvalue weighted by Gasteiger charge is 2.19. The van der Waals surface area contributed by atoms with Gasteiger partial charge < -0.3 is 4.74 Å². The Morgan fingerprint density at radius 2 is 2.46 bits per heavy atom. The third-order valence-electron chi connectivity index (χ3n) is 1.84. The van der Waals surface area contributed by atoms with Gasteiger partial charge in [0.05, 0.1) is 16.5 Å². The van der Waals surface area contributed by atoms with Gasteiger partial charge in [-0.05, 0) is 27.4 Å². The average molecular weight is 259 g/mol. The molecule has 0 aromatic carbocycles. The zero-order valence-corrected chi connectivity index (χ0v) is 9.10. The van der Waals surface area contributed by atoms with Gasteiger partial charge in [-0.15, -0.1) is 11.3 Å². The van der Waals surface area contributed by atoms with E-state index in [9.17, 15) is 4.79 Å². The highest BCUT2D eigenvalue weighted by atomic mass is 79.9. The first-order valence-electron chi connectivity index (χ1n) is 3.84. The van der Waals surface area contributed by atoms with Crippen LogP contribution in [0.15, 0.2) is 27.6 Å². The van der Waals surface area contributed by atoms with Crippen molar-refractivity contribution < 1.29 is 9.53 Å². The van der Waals surface area contributed by atoms with Crippen LogP contribution in [-0.2, 0) is 9.53 Å². The van der Waals surface area contributed by atoms with Gasteiger partial charge in [-0.3, -0.25) is 4.79 Å². The molecule has 0 saturated carbocycles. The number of ether oxygens (including phenoxy) is 1. The Labute approximate surface area is 88.3 Å². The van der Waals surface area contributed by atoms with E-state index in [-0.39, 0.29) is 11.9 Å². The largest absolute Gasteiger partial charge is 0.493 e. The van der Waals surface area contributed by atoms with Crippen LogP contribution in [0.4, 0.5) is 0 Å². The maximum absolute atomic E-state index is 11.1. The molecule has 0 N–H and O–H groups in total. The van der Waals surface area contributed by atoms with E-state index >= 15 is 0 Å². The summed E-state index contributed by atoms with van der Waals surface area (Å²) in [6.07, 6.45) is 3.29. The summed E-state index contributed by atoms with van der Waals surface area (Å²) >= 11 is 4.97. The fourth-order valence-electron chi connectivity index (χ4n) is 1.20. The minimum absolute atomic E-state index is 0.0972. The number of carbonyl (C=O) groups is 1. The lowest BCUT2D eigenvalue weighted by Gasteiger charge is -2.17. The van der Waals surface area contributed by atoms with Crippen LogP contribution >= 0.6 is 27.3 Å². The van der Waals surface area contributed by atoms with Gasteiger partial charge in [-0.25, -0.2) is 0 Å². The number of carbonyl (C=O) groups excluding carboxylic acids is 1. The fourth-order valence-corrected chi connectivity index (χ4v) is 2.41. The summed E-state index contributed by atoms with van der Waals surface area (Å²) in [4.78, 5) is 11.1. The SMILES string of the molecule is O=C1C=COC(c2csc(Br)c2)C1. The van der Waals surface area contributed by atoms with Crippen LogP contribution in [0.5, 0.6) is 0 Å². The van der Waals surface area contributed by atoms with Gasteiger partial charge in [0.1, 0.15) is 6.10 Å². The fraction of sp³-hybridized carbons (Fsp3) is 0.222. The molecule has 1 aliphatic heterocycles. The monoisotopic (exact) mass is 258 g/mol. The summed E-state index contributed by atoms with van der Waals surface area (Å²) in [5.41, 5.74) is 1.06. The Morgan fingerprint density at radius 1 is 1.62 bits per heavy atom. The Morgan fingerprint density at radius 3 is 3.08 bits per heavy atom. The van der Waals surface area contributed by atoms with Gasteiger partial charge in [0, 0.05) is 11.6 Å². The van der Waals surface area contributed by atoms with E-state index < -0.39 is 0 Å². The first kappa shape index (κ1) is 8.97. The van der Waals surface area contributed by atoms with Crippen LogP contribution in [-0.4, -0.2) is 5.78 Å². The number of rotatable bonds is 1. The minimum atomic E-state index is -0.0972. The van der Waals surface area contributed by atoms with Gasteiger partial charge in [0.15, 0.2) is 5.78 Å². The number of thiophene rings is 1. The van der Waals surface area contributed by atoms with E-state index in [4.69, 9.17) is 4.74 Å². The molecule has 1 aromatic heterocycles. The second-order valence-corrected chi connectivity index (χ2v) is 5.07. The Bertz CT molecular complexity index is 356. The van der Waals surface area contributed by atoms with Crippen molar-refractivity contribution in [3.63, 3.8) is 0 Å². The lowest BCUT2D eigenvalue weighted by atomic mass is 10.1. The molecule has 4 heteroatoms. The quantitative estimate of drug-likeness (QED) is 0.774. The summed E-state index contributed by atoms with van der Waals surface area (Å²) in [6.45, 7) is 0. The third-order valence-corrected chi connectivity index (χ3v) is 3.37. The molecule has 13 heavy (non-hydrogen) atoms. The maximum atomic E-state index is 11.1. The van der Waals surface area contributed by atoms with Crippen molar-refractivity contribution in [2.45, 2.75) is 12.5 Å². The second kappa shape index (κ2) is 3.64. The van der Waals surface area contributed by atoms with Crippen LogP contribution in [0.2, 0.25) is 0 Å². The molecule has 1 unspecified atom stereocenters.